The Morgan fingerprint density at radius 1 is 1.08 bits per heavy atom. The number of fused-ring (bicyclic) bond motifs is 2. The smallest absolute Gasteiger partial charge is 0.264 e. The molecule has 126 valence electrons. The average molecular weight is 331 g/mol. The van der Waals surface area contributed by atoms with E-state index in [0.717, 1.165) is 39.5 Å². The molecule has 0 fully saturated rings. The predicted molar refractivity (Wildman–Crippen MR) is 102 cm³/mol. The van der Waals surface area contributed by atoms with Gasteiger partial charge in [0.25, 0.3) is 5.91 Å². The fourth-order valence-corrected chi connectivity index (χ4v) is 3.81. The summed E-state index contributed by atoms with van der Waals surface area (Å²) in [4.78, 5) is 13.5. The first-order valence-electron chi connectivity index (χ1n) is 8.51. The summed E-state index contributed by atoms with van der Waals surface area (Å²) in [7, 11) is 1.97. The molecule has 0 spiro atoms. The van der Waals surface area contributed by atoms with Gasteiger partial charge in [-0.1, -0.05) is 30.3 Å². The van der Waals surface area contributed by atoms with E-state index in [1.807, 2.05) is 71.8 Å². The third-order valence-corrected chi connectivity index (χ3v) is 4.97. The first kappa shape index (κ1) is 15.7. The van der Waals surface area contributed by atoms with Gasteiger partial charge in [-0.15, -0.1) is 0 Å². The molecule has 4 aromatic rings. The minimum atomic E-state index is 0.00405. The highest BCUT2D eigenvalue weighted by Crippen LogP contribution is 2.29. The third kappa shape index (κ3) is 2.29. The number of nitrogens with two attached hydrogens (primary N) is 1. The van der Waals surface area contributed by atoms with Crippen LogP contribution in [-0.2, 0) is 13.5 Å². The van der Waals surface area contributed by atoms with Crippen LogP contribution in [0.2, 0.25) is 0 Å². The minimum Gasteiger partial charge on any atom is -0.350 e. The van der Waals surface area contributed by atoms with Crippen molar-refractivity contribution in [2.45, 2.75) is 13.3 Å². The number of nitrogens with zero attached hydrogens (tertiary/aromatic N) is 2. The van der Waals surface area contributed by atoms with Crippen molar-refractivity contribution in [2.24, 2.45) is 12.8 Å². The van der Waals surface area contributed by atoms with Crippen LogP contribution in [-0.4, -0.2) is 21.6 Å². The molecule has 25 heavy (non-hydrogen) atoms. The number of benzene rings is 2. The van der Waals surface area contributed by atoms with E-state index in [2.05, 4.69) is 6.07 Å². The molecule has 2 aromatic carbocycles. The second kappa shape index (κ2) is 5.90. The van der Waals surface area contributed by atoms with Gasteiger partial charge in [0, 0.05) is 29.7 Å². The number of para-hydroxylation sites is 2. The molecule has 2 heterocycles. The zero-order valence-corrected chi connectivity index (χ0v) is 14.5. The van der Waals surface area contributed by atoms with Gasteiger partial charge in [-0.3, -0.25) is 9.36 Å². The van der Waals surface area contributed by atoms with Gasteiger partial charge in [0.2, 0.25) is 0 Å². The fourth-order valence-electron chi connectivity index (χ4n) is 3.81. The van der Waals surface area contributed by atoms with E-state index in [0.29, 0.717) is 12.1 Å². The Balaban J connectivity index is 2.00. The Bertz CT molecular complexity index is 1100. The molecule has 0 saturated heterocycles. The van der Waals surface area contributed by atoms with Gasteiger partial charge in [-0.25, -0.2) is 0 Å². The van der Waals surface area contributed by atoms with Crippen LogP contribution in [0.5, 0.6) is 0 Å². The van der Waals surface area contributed by atoms with Gasteiger partial charge in [-0.2, -0.15) is 0 Å². The summed E-state index contributed by atoms with van der Waals surface area (Å²) in [6.45, 7) is 2.57. The Morgan fingerprint density at radius 3 is 2.68 bits per heavy atom. The molecular weight excluding hydrogens is 310 g/mol. The summed E-state index contributed by atoms with van der Waals surface area (Å²) in [5, 5.41) is 2.18. The van der Waals surface area contributed by atoms with Crippen LogP contribution >= 0.6 is 0 Å². The average Bonchev–Trinajstić information content (AvgIpc) is 3.14. The van der Waals surface area contributed by atoms with Crippen LogP contribution in [0.25, 0.3) is 21.8 Å². The predicted octanol–water partition coefficient (Wildman–Crippen LogP) is 3.63. The number of aromatic nitrogens is 2. The maximum absolute atomic E-state index is 13.5. The molecule has 2 N–H and O–H groups in total. The summed E-state index contributed by atoms with van der Waals surface area (Å²) in [5.41, 5.74) is 10.6. The zero-order valence-electron chi connectivity index (χ0n) is 14.5. The fraction of sp³-hybridized carbons (Fsp3) is 0.190. The van der Waals surface area contributed by atoms with Gasteiger partial charge >= 0.3 is 0 Å². The molecule has 4 nitrogen and oxygen atoms in total. The van der Waals surface area contributed by atoms with E-state index in [9.17, 15) is 4.79 Å². The summed E-state index contributed by atoms with van der Waals surface area (Å²) in [6, 6.07) is 16.0. The first-order chi connectivity index (χ1) is 12.1. The van der Waals surface area contributed by atoms with Crippen molar-refractivity contribution in [3.8, 4) is 0 Å². The van der Waals surface area contributed by atoms with Gasteiger partial charge in [0.15, 0.2) is 0 Å². The summed E-state index contributed by atoms with van der Waals surface area (Å²) >= 11 is 0. The molecule has 0 amide bonds. The highest BCUT2D eigenvalue weighted by Gasteiger charge is 2.21. The molecule has 0 unspecified atom stereocenters. The Labute approximate surface area is 146 Å². The van der Waals surface area contributed by atoms with Crippen molar-refractivity contribution in [1.29, 1.82) is 0 Å². The zero-order chi connectivity index (χ0) is 17.6. The van der Waals surface area contributed by atoms with Crippen molar-refractivity contribution in [1.82, 2.24) is 9.13 Å². The highest BCUT2D eigenvalue weighted by atomic mass is 16.2. The molecule has 0 bridgehead atoms. The Kier molecular flexibility index (Phi) is 3.70. The SMILES string of the molecule is Cc1c(CCN)c2ccccc2n1C(=O)c1cccc2ccn(C)c12. The molecule has 2 aromatic heterocycles. The lowest BCUT2D eigenvalue weighted by molar-refractivity contribution is 0.0964. The molecular formula is C21H21N3O. The van der Waals surface area contributed by atoms with Crippen LogP contribution in [0, 0.1) is 6.92 Å². The standard InChI is InChI=1S/C21H21N3O/c1-14-16(10-12-22)17-7-3-4-9-19(17)24(14)21(25)18-8-5-6-15-11-13-23(2)20(15)18/h3-9,11,13H,10,12,22H2,1-2H3. The van der Waals surface area contributed by atoms with E-state index < -0.39 is 0 Å². The van der Waals surface area contributed by atoms with Gasteiger partial charge in [-0.05, 0) is 43.7 Å². The topological polar surface area (TPSA) is 52.9 Å². The van der Waals surface area contributed by atoms with E-state index in [1.54, 1.807) is 0 Å². The maximum Gasteiger partial charge on any atom is 0.264 e. The lowest BCUT2D eigenvalue weighted by Crippen LogP contribution is -2.15. The summed E-state index contributed by atoms with van der Waals surface area (Å²) in [5.74, 6) is 0.00405. The summed E-state index contributed by atoms with van der Waals surface area (Å²) < 4.78 is 3.84. The van der Waals surface area contributed by atoms with Crippen molar-refractivity contribution in [3.05, 3.63) is 71.5 Å². The van der Waals surface area contributed by atoms with Crippen molar-refractivity contribution in [3.63, 3.8) is 0 Å². The third-order valence-electron chi connectivity index (χ3n) is 4.97. The first-order valence-corrected chi connectivity index (χ1v) is 8.51. The molecule has 4 rings (SSSR count). The molecule has 0 saturated carbocycles. The highest BCUT2D eigenvalue weighted by molar-refractivity contribution is 6.10. The van der Waals surface area contributed by atoms with Crippen LogP contribution in [0.3, 0.4) is 0 Å². The number of carbonyl (C=O) groups excluding carboxylic acids is 1. The van der Waals surface area contributed by atoms with Crippen LogP contribution in [0.1, 0.15) is 21.6 Å². The summed E-state index contributed by atoms with van der Waals surface area (Å²) in [6.07, 6.45) is 2.75. The van der Waals surface area contributed by atoms with Crippen LogP contribution in [0.4, 0.5) is 0 Å². The molecule has 0 aliphatic carbocycles. The molecule has 0 radical (unpaired) electrons. The largest absolute Gasteiger partial charge is 0.350 e. The molecule has 0 aliphatic rings. The second-order valence-corrected chi connectivity index (χ2v) is 6.43. The van der Waals surface area contributed by atoms with Gasteiger partial charge in [0.05, 0.1) is 16.6 Å². The number of rotatable bonds is 3. The van der Waals surface area contributed by atoms with E-state index in [-0.39, 0.29) is 5.91 Å². The van der Waals surface area contributed by atoms with E-state index in [4.69, 9.17) is 5.73 Å². The molecule has 4 heteroatoms. The van der Waals surface area contributed by atoms with E-state index >= 15 is 0 Å². The second-order valence-electron chi connectivity index (χ2n) is 6.43. The van der Waals surface area contributed by atoms with Crippen molar-refractivity contribution in [2.75, 3.05) is 6.54 Å². The molecule has 0 aliphatic heterocycles. The van der Waals surface area contributed by atoms with Gasteiger partial charge in [0.1, 0.15) is 0 Å². The number of carbonyl (C=O) groups is 1. The number of aryl methyl sites for hydroxylation is 1. The lowest BCUT2D eigenvalue weighted by Gasteiger charge is -2.10. The van der Waals surface area contributed by atoms with Crippen LogP contribution < -0.4 is 5.73 Å². The number of hydrogen-bond donors (Lipinski definition) is 1. The Morgan fingerprint density at radius 2 is 1.88 bits per heavy atom. The monoisotopic (exact) mass is 331 g/mol. The minimum absolute atomic E-state index is 0.00405. The quantitative estimate of drug-likeness (QED) is 0.623. The van der Waals surface area contributed by atoms with Crippen LogP contribution in [0.15, 0.2) is 54.7 Å². The van der Waals surface area contributed by atoms with E-state index in [1.165, 1.54) is 0 Å². The normalized spacial score (nSPS) is 11.5. The maximum atomic E-state index is 13.5. The number of hydrogen-bond acceptors (Lipinski definition) is 2. The van der Waals surface area contributed by atoms with Gasteiger partial charge < -0.3 is 10.3 Å². The van der Waals surface area contributed by atoms with Crippen molar-refractivity contribution < 1.29 is 4.79 Å². The Hall–Kier alpha value is -2.85. The van der Waals surface area contributed by atoms with Crippen molar-refractivity contribution >= 4 is 27.7 Å². The molecule has 0 atom stereocenters. The lowest BCUT2D eigenvalue weighted by atomic mass is 10.1.